The van der Waals surface area contributed by atoms with Crippen LogP contribution < -0.4 is 10.1 Å². The summed E-state index contributed by atoms with van der Waals surface area (Å²) in [6.45, 7) is 0.915. The van der Waals surface area contributed by atoms with Gasteiger partial charge in [0.2, 0.25) is 5.91 Å². The van der Waals surface area contributed by atoms with E-state index in [1.807, 2.05) is 42.5 Å². The Morgan fingerprint density at radius 3 is 2.62 bits per heavy atom. The summed E-state index contributed by atoms with van der Waals surface area (Å²) in [6.07, 6.45) is 1.52. The summed E-state index contributed by atoms with van der Waals surface area (Å²) < 4.78 is 19.3. The quantitative estimate of drug-likeness (QED) is 0.607. The van der Waals surface area contributed by atoms with Gasteiger partial charge in [-0.1, -0.05) is 54.6 Å². The highest BCUT2D eigenvalue weighted by Crippen LogP contribution is 2.25. The molecule has 0 unspecified atom stereocenters. The van der Waals surface area contributed by atoms with Crippen LogP contribution in [0.1, 0.15) is 18.4 Å². The maximum absolute atomic E-state index is 13.5. The number of hydrogen-bond donors (Lipinski definition) is 1. The summed E-state index contributed by atoms with van der Waals surface area (Å²) in [4.78, 5) is 11.9. The molecule has 0 spiro atoms. The van der Waals surface area contributed by atoms with Gasteiger partial charge in [-0.05, 0) is 35.9 Å². The lowest BCUT2D eigenvalue weighted by Crippen LogP contribution is -2.26. The summed E-state index contributed by atoms with van der Waals surface area (Å²) in [5, 5.41) is 5.03. The monoisotopic (exact) mass is 351 g/mol. The van der Waals surface area contributed by atoms with E-state index in [0.717, 1.165) is 16.5 Å². The van der Waals surface area contributed by atoms with Crippen molar-refractivity contribution in [1.29, 1.82) is 0 Å². The fourth-order valence-electron chi connectivity index (χ4n) is 2.86. The van der Waals surface area contributed by atoms with Crippen LogP contribution in [0, 0.1) is 5.82 Å². The summed E-state index contributed by atoms with van der Waals surface area (Å²) in [5.41, 5.74) is 0.618. The summed E-state index contributed by atoms with van der Waals surface area (Å²) in [5.74, 6) is 0.566. The van der Waals surface area contributed by atoms with Crippen LogP contribution in [0.5, 0.6) is 5.75 Å². The number of carbonyl (C=O) groups excluding carboxylic acids is 1. The van der Waals surface area contributed by atoms with E-state index in [-0.39, 0.29) is 11.7 Å². The van der Waals surface area contributed by atoms with E-state index in [4.69, 9.17) is 4.74 Å². The number of rotatable bonds is 8. The first-order chi connectivity index (χ1) is 12.7. The minimum atomic E-state index is -0.231. The first-order valence-corrected chi connectivity index (χ1v) is 8.85. The first kappa shape index (κ1) is 17.9. The second-order valence-electron chi connectivity index (χ2n) is 6.12. The van der Waals surface area contributed by atoms with Crippen molar-refractivity contribution in [3.63, 3.8) is 0 Å². The van der Waals surface area contributed by atoms with Crippen LogP contribution in [0.2, 0.25) is 0 Å². The molecule has 0 fully saturated rings. The molecule has 0 saturated carbocycles. The van der Waals surface area contributed by atoms with Gasteiger partial charge < -0.3 is 10.1 Å². The van der Waals surface area contributed by atoms with E-state index in [0.29, 0.717) is 38.0 Å². The zero-order chi connectivity index (χ0) is 18.2. The van der Waals surface area contributed by atoms with E-state index in [9.17, 15) is 9.18 Å². The number of amides is 1. The molecule has 0 bridgehead atoms. The van der Waals surface area contributed by atoms with Gasteiger partial charge in [0.05, 0.1) is 6.61 Å². The molecule has 134 valence electrons. The Bertz CT molecular complexity index is 873. The molecule has 3 rings (SSSR count). The van der Waals surface area contributed by atoms with E-state index in [2.05, 4.69) is 5.32 Å². The number of hydrogen-bond acceptors (Lipinski definition) is 2. The fraction of sp³-hybridized carbons (Fsp3) is 0.227. The average molecular weight is 351 g/mol. The molecule has 3 aromatic rings. The summed E-state index contributed by atoms with van der Waals surface area (Å²) in [7, 11) is 0. The van der Waals surface area contributed by atoms with Crippen LogP contribution in [-0.2, 0) is 11.2 Å². The van der Waals surface area contributed by atoms with Crippen LogP contribution in [0.15, 0.2) is 66.7 Å². The predicted octanol–water partition coefficient (Wildman–Crippen LogP) is 4.50. The van der Waals surface area contributed by atoms with Gasteiger partial charge in [-0.25, -0.2) is 4.39 Å². The maximum Gasteiger partial charge on any atom is 0.220 e. The molecular weight excluding hydrogens is 329 g/mol. The maximum atomic E-state index is 13.5. The summed E-state index contributed by atoms with van der Waals surface area (Å²) in [6, 6.07) is 20.6. The molecule has 0 aliphatic carbocycles. The molecule has 0 heterocycles. The lowest BCUT2D eigenvalue weighted by molar-refractivity contribution is -0.121. The minimum absolute atomic E-state index is 0.0390. The number of ether oxygens (including phenoxy) is 1. The lowest BCUT2D eigenvalue weighted by atomic mass is 10.1. The number of benzene rings is 3. The van der Waals surface area contributed by atoms with E-state index in [1.54, 1.807) is 18.2 Å². The van der Waals surface area contributed by atoms with Crippen LogP contribution >= 0.6 is 0 Å². The largest absolute Gasteiger partial charge is 0.493 e. The lowest BCUT2D eigenvalue weighted by Gasteiger charge is -2.09. The Hall–Kier alpha value is -2.88. The van der Waals surface area contributed by atoms with Crippen molar-refractivity contribution >= 4 is 16.7 Å². The molecule has 0 saturated heterocycles. The van der Waals surface area contributed by atoms with Gasteiger partial charge in [0.1, 0.15) is 11.6 Å². The Balaban J connectivity index is 1.38. The molecule has 3 aromatic carbocycles. The average Bonchev–Trinajstić information content (AvgIpc) is 2.67. The highest BCUT2D eigenvalue weighted by molar-refractivity contribution is 5.88. The number of fused-ring (bicyclic) bond motifs is 1. The third-order valence-corrected chi connectivity index (χ3v) is 4.23. The molecule has 0 aliphatic rings. The second-order valence-corrected chi connectivity index (χ2v) is 6.12. The number of carbonyl (C=O) groups is 1. The molecule has 0 aliphatic heterocycles. The molecule has 1 N–H and O–H groups in total. The molecule has 4 heteroatoms. The third-order valence-electron chi connectivity index (χ3n) is 4.23. The smallest absolute Gasteiger partial charge is 0.220 e. The molecule has 0 radical (unpaired) electrons. The van der Waals surface area contributed by atoms with Gasteiger partial charge >= 0.3 is 0 Å². The predicted molar refractivity (Wildman–Crippen MR) is 102 cm³/mol. The number of halogens is 1. The van der Waals surface area contributed by atoms with Crippen molar-refractivity contribution < 1.29 is 13.9 Å². The Morgan fingerprint density at radius 2 is 1.73 bits per heavy atom. The van der Waals surface area contributed by atoms with Gasteiger partial charge in [0, 0.05) is 18.4 Å². The van der Waals surface area contributed by atoms with Gasteiger partial charge in [-0.2, -0.15) is 0 Å². The van der Waals surface area contributed by atoms with Crippen LogP contribution in [0.4, 0.5) is 4.39 Å². The van der Waals surface area contributed by atoms with Crippen molar-refractivity contribution in [2.45, 2.75) is 19.3 Å². The van der Waals surface area contributed by atoms with Crippen molar-refractivity contribution in [2.24, 2.45) is 0 Å². The molecular formula is C22H22FNO2. The summed E-state index contributed by atoms with van der Waals surface area (Å²) >= 11 is 0. The van der Waals surface area contributed by atoms with Crippen LogP contribution in [0.3, 0.4) is 0 Å². The third kappa shape index (κ3) is 4.82. The molecule has 3 nitrogen and oxygen atoms in total. The Labute approximate surface area is 152 Å². The zero-order valence-corrected chi connectivity index (χ0v) is 14.6. The van der Waals surface area contributed by atoms with Crippen LogP contribution in [-0.4, -0.2) is 19.1 Å². The van der Waals surface area contributed by atoms with Gasteiger partial charge in [0.15, 0.2) is 0 Å². The van der Waals surface area contributed by atoms with Crippen molar-refractivity contribution in [2.75, 3.05) is 13.2 Å². The molecule has 0 atom stereocenters. The van der Waals surface area contributed by atoms with E-state index < -0.39 is 0 Å². The molecule has 1 amide bonds. The Morgan fingerprint density at radius 1 is 0.962 bits per heavy atom. The highest BCUT2D eigenvalue weighted by atomic mass is 19.1. The SMILES string of the molecule is O=C(CCCOc1cccc2ccccc12)NCCc1ccccc1F. The molecule has 26 heavy (non-hydrogen) atoms. The van der Waals surface area contributed by atoms with E-state index >= 15 is 0 Å². The van der Waals surface area contributed by atoms with Crippen LogP contribution in [0.25, 0.3) is 10.8 Å². The second kappa shape index (κ2) is 8.99. The number of nitrogens with one attached hydrogen (secondary N) is 1. The van der Waals surface area contributed by atoms with Crippen molar-refractivity contribution in [3.05, 3.63) is 78.1 Å². The van der Waals surface area contributed by atoms with Crippen molar-refractivity contribution in [1.82, 2.24) is 5.32 Å². The fourth-order valence-corrected chi connectivity index (χ4v) is 2.86. The van der Waals surface area contributed by atoms with Crippen molar-refractivity contribution in [3.8, 4) is 5.75 Å². The standard InChI is InChI=1S/C22H22FNO2/c23-20-11-4-2-8-18(20)14-15-24-22(25)13-6-16-26-21-12-5-9-17-7-1-3-10-19(17)21/h1-5,7-12H,6,13-16H2,(H,24,25). The molecule has 0 aromatic heterocycles. The Kier molecular flexibility index (Phi) is 6.20. The van der Waals surface area contributed by atoms with Gasteiger partial charge in [-0.15, -0.1) is 0 Å². The van der Waals surface area contributed by atoms with Gasteiger partial charge in [0.25, 0.3) is 0 Å². The minimum Gasteiger partial charge on any atom is -0.493 e. The topological polar surface area (TPSA) is 38.3 Å². The zero-order valence-electron chi connectivity index (χ0n) is 14.6. The first-order valence-electron chi connectivity index (χ1n) is 8.85. The van der Waals surface area contributed by atoms with E-state index in [1.165, 1.54) is 6.07 Å². The normalized spacial score (nSPS) is 10.7. The van der Waals surface area contributed by atoms with Gasteiger partial charge in [-0.3, -0.25) is 4.79 Å². The highest BCUT2D eigenvalue weighted by Gasteiger charge is 2.05.